The molecular formula is C18H21FN2O3S. The van der Waals surface area contributed by atoms with Crippen LogP contribution in [0.2, 0.25) is 0 Å². The van der Waals surface area contributed by atoms with Crippen molar-refractivity contribution in [2.75, 3.05) is 17.6 Å². The molecule has 0 bridgehead atoms. The number of carbonyl (C=O) groups excluding carboxylic acids is 1. The Bertz CT molecular complexity index is 880. The van der Waals surface area contributed by atoms with Gasteiger partial charge in [0.15, 0.2) is 0 Å². The lowest BCUT2D eigenvalue weighted by molar-refractivity contribution is 0.0940. The molecule has 7 heteroatoms. The monoisotopic (exact) mass is 364 g/mol. The summed E-state index contributed by atoms with van der Waals surface area (Å²) in [5.74, 6) is -0.672. The Balaban J connectivity index is 2.23. The second kappa shape index (κ2) is 7.23. The first-order valence-electron chi connectivity index (χ1n) is 7.70. The van der Waals surface area contributed by atoms with Gasteiger partial charge in [0, 0.05) is 12.6 Å². The number of hydrogen-bond donors (Lipinski definition) is 1. The fourth-order valence-corrected chi connectivity index (χ4v) is 2.94. The highest BCUT2D eigenvalue weighted by Gasteiger charge is 2.18. The van der Waals surface area contributed by atoms with Gasteiger partial charge in [0.05, 0.1) is 18.0 Å². The van der Waals surface area contributed by atoms with Gasteiger partial charge in [0.1, 0.15) is 5.82 Å². The normalized spacial score (nSPS) is 12.5. The molecule has 0 spiro atoms. The number of nitrogens with zero attached hydrogens (tertiary/aromatic N) is 1. The van der Waals surface area contributed by atoms with E-state index < -0.39 is 10.0 Å². The van der Waals surface area contributed by atoms with Crippen LogP contribution in [0.25, 0.3) is 0 Å². The van der Waals surface area contributed by atoms with E-state index in [1.165, 1.54) is 19.2 Å². The summed E-state index contributed by atoms with van der Waals surface area (Å²) >= 11 is 0. The van der Waals surface area contributed by atoms with E-state index in [-0.39, 0.29) is 17.8 Å². The van der Waals surface area contributed by atoms with Crippen LogP contribution >= 0.6 is 0 Å². The molecule has 0 fully saturated rings. The predicted molar refractivity (Wildman–Crippen MR) is 96.7 cm³/mol. The van der Waals surface area contributed by atoms with Crippen molar-refractivity contribution < 1.29 is 17.6 Å². The molecule has 1 amide bonds. The Morgan fingerprint density at radius 3 is 2.32 bits per heavy atom. The molecule has 1 atom stereocenters. The molecule has 0 heterocycles. The minimum atomic E-state index is -3.42. The molecule has 0 aromatic heterocycles. The minimum Gasteiger partial charge on any atom is -0.346 e. The van der Waals surface area contributed by atoms with Crippen molar-refractivity contribution in [3.8, 4) is 0 Å². The van der Waals surface area contributed by atoms with Crippen LogP contribution in [0.5, 0.6) is 0 Å². The molecule has 0 aliphatic heterocycles. The molecule has 0 radical (unpaired) electrons. The molecule has 5 nitrogen and oxygen atoms in total. The zero-order chi connectivity index (χ0) is 18.8. The van der Waals surface area contributed by atoms with Crippen molar-refractivity contribution in [2.24, 2.45) is 0 Å². The Labute approximate surface area is 147 Å². The van der Waals surface area contributed by atoms with Crippen molar-refractivity contribution in [3.63, 3.8) is 0 Å². The first-order chi connectivity index (χ1) is 11.6. The third-order valence-corrected chi connectivity index (χ3v) is 5.22. The van der Waals surface area contributed by atoms with Gasteiger partial charge < -0.3 is 5.32 Å². The number of aryl methyl sites for hydroxylation is 1. The van der Waals surface area contributed by atoms with Crippen molar-refractivity contribution >= 4 is 21.6 Å². The van der Waals surface area contributed by atoms with Gasteiger partial charge in [0.2, 0.25) is 10.0 Å². The van der Waals surface area contributed by atoms with Gasteiger partial charge in [-0.2, -0.15) is 0 Å². The van der Waals surface area contributed by atoms with Crippen LogP contribution in [0.1, 0.15) is 34.5 Å². The summed E-state index contributed by atoms with van der Waals surface area (Å²) in [7, 11) is -1.98. The molecule has 2 aromatic carbocycles. The SMILES string of the molecule is Cc1ccc(C(=O)N[C@H](C)c2ccc(F)cc2)cc1N(C)S(C)(=O)=O. The minimum absolute atomic E-state index is 0.314. The average molecular weight is 364 g/mol. The predicted octanol–water partition coefficient (Wildman–Crippen LogP) is 3.02. The fourth-order valence-electron chi connectivity index (χ4n) is 2.38. The molecular weight excluding hydrogens is 343 g/mol. The van der Waals surface area contributed by atoms with E-state index in [1.807, 2.05) is 0 Å². The van der Waals surface area contributed by atoms with E-state index in [4.69, 9.17) is 0 Å². The molecule has 0 saturated heterocycles. The maximum Gasteiger partial charge on any atom is 0.251 e. The van der Waals surface area contributed by atoms with E-state index in [1.54, 1.807) is 44.2 Å². The number of nitrogens with one attached hydrogen (secondary N) is 1. The standard InChI is InChI=1S/C18H21FN2O3S/c1-12-5-6-15(11-17(12)21(3)25(4,23)24)18(22)20-13(2)14-7-9-16(19)10-8-14/h5-11,13H,1-4H3,(H,20,22)/t13-/m1/s1. The van der Waals surface area contributed by atoms with E-state index in [0.717, 1.165) is 21.7 Å². The quantitative estimate of drug-likeness (QED) is 0.887. The molecule has 2 aromatic rings. The topological polar surface area (TPSA) is 66.5 Å². The largest absolute Gasteiger partial charge is 0.346 e. The fraction of sp³-hybridized carbons (Fsp3) is 0.278. The maximum absolute atomic E-state index is 13.0. The lowest BCUT2D eigenvalue weighted by Crippen LogP contribution is -2.28. The number of amides is 1. The number of sulfonamides is 1. The van der Waals surface area contributed by atoms with Crippen LogP contribution in [-0.2, 0) is 10.0 Å². The second-order valence-electron chi connectivity index (χ2n) is 5.98. The van der Waals surface area contributed by atoms with E-state index in [0.29, 0.717) is 11.3 Å². The number of carbonyl (C=O) groups is 1. The van der Waals surface area contributed by atoms with Gasteiger partial charge in [-0.3, -0.25) is 9.10 Å². The lowest BCUT2D eigenvalue weighted by Gasteiger charge is -2.20. The number of anilines is 1. The van der Waals surface area contributed by atoms with Crippen LogP contribution in [0.15, 0.2) is 42.5 Å². The van der Waals surface area contributed by atoms with Gasteiger partial charge in [-0.05, 0) is 49.2 Å². The highest BCUT2D eigenvalue weighted by Crippen LogP contribution is 2.23. The summed E-state index contributed by atoms with van der Waals surface area (Å²) in [5.41, 5.74) is 2.32. The van der Waals surface area contributed by atoms with Gasteiger partial charge in [-0.1, -0.05) is 18.2 Å². The molecule has 25 heavy (non-hydrogen) atoms. The molecule has 0 aliphatic carbocycles. The van der Waals surface area contributed by atoms with Gasteiger partial charge in [0.25, 0.3) is 5.91 Å². The molecule has 0 saturated carbocycles. The number of rotatable bonds is 5. The molecule has 1 N–H and O–H groups in total. The van der Waals surface area contributed by atoms with E-state index in [2.05, 4.69) is 5.32 Å². The van der Waals surface area contributed by atoms with E-state index >= 15 is 0 Å². The van der Waals surface area contributed by atoms with Gasteiger partial charge in [-0.15, -0.1) is 0 Å². The molecule has 134 valence electrons. The lowest BCUT2D eigenvalue weighted by atomic mass is 10.1. The van der Waals surface area contributed by atoms with Crippen LogP contribution in [0.3, 0.4) is 0 Å². The zero-order valence-electron chi connectivity index (χ0n) is 14.6. The number of benzene rings is 2. The smallest absolute Gasteiger partial charge is 0.251 e. The molecule has 0 unspecified atom stereocenters. The molecule has 2 rings (SSSR count). The zero-order valence-corrected chi connectivity index (χ0v) is 15.4. The summed E-state index contributed by atoms with van der Waals surface area (Å²) in [6.45, 7) is 3.57. The summed E-state index contributed by atoms with van der Waals surface area (Å²) < 4.78 is 37.6. The van der Waals surface area contributed by atoms with Crippen molar-refractivity contribution in [3.05, 3.63) is 65.0 Å². The Kier molecular flexibility index (Phi) is 5.47. The summed E-state index contributed by atoms with van der Waals surface area (Å²) in [6, 6.07) is 10.5. The van der Waals surface area contributed by atoms with Crippen molar-refractivity contribution in [1.82, 2.24) is 5.32 Å². The Hall–Kier alpha value is -2.41. The first kappa shape index (κ1) is 18.9. The highest BCUT2D eigenvalue weighted by atomic mass is 32.2. The summed E-state index contributed by atoms with van der Waals surface area (Å²) in [4.78, 5) is 12.5. The van der Waals surface area contributed by atoms with Crippen molar-refractivity contribution in [1.29, 1.82) is 0 Å². The second-order valence-corrected chi connectivity index (χ2v) is 7.99. The number of hydrogen-bond acceptors (Lipinski definition) is 3. The van der Waals surface area contributed by atoms with E-state index in [9.17, 15) is 17.6 Å². The molecule has 0 aliphatic rings. The third kappa shape index (κ3) is 4.57. The summed E-state index contributed by atoms with van der Waals surface area (Å²) in [5, 5.41) is 2.83. The van der Waals surface area contributed by atoms with Gasteiger partial charge in [-0.25, -0.2) is 12.8 Å². The van der Waals surface area contributed by atoms with Crippen LogP contribution in [-0.4, -0.2) is 27.6 Å². The first-order valence-corrected chi connectivity index (χ1v) is 9.55. The summed E-state index contributed by atoms with van der Waals surface area (Å²) in [6.07, 6.45) is 1.11. The van der Waals surface area contributed by atoms with Crippen molar-refractivity contribution in [2.45, 2.75) is 19.9 Å². The Morgan fingerprint density at radius 1 is 1.16 bits per heavy atom. The van der Waals surface area contributed by atoms with Crippen LogP contribution < -0.4 is 9.62 Å². The third-order valence-electron chi connectivity index (χ3n) is 4.03. The maximum atomic E-state index is 13.0. The van der Waals surface area contributed by atoms with Gasteiger partial charge >= 0.3 is 0 Å². The highest BCUT2D eigenvalue weighted by molar-refractivity contribution is 7.92. The van der Waals surface area contributed by atoms with Crippen LogP contribution in [0, 0.1) is 12.7 Å². The van der Waals surface area contributed by atoms with Crippen LogP contribution in [0.4, 0.5) is 10.1 Å². The average Bonchev–Trinajstić information content (AvgIpc) is 2.54. The Morgan fingerprint density at radius 2 is 1.76 bits per heavy atom. The number of halogens is 1.